The third-order valence-corrected chi connectivity index (χ3v) is 5.53. The highest BCUT2D eigenvalue weighted by Gasteiger charge is 2.39. The van der Waals surface area contributed by atoms with Crippen molar-refractivity contribution in [3.05, 3.63) is 70.7 Å². The number of rotatable bonds is 3. The molecule has 4 heteroatoms. The van der Waals surface area contributed by atoms with Crippen molar-refractivity contribution in [2.75, 3.05) is 4.90 Å². The molecule has 0 atom stereocenters. The summed E-state index contributed by atoms with van der Waals surface area (Å²) in [5.74, 6) is 1.28. The van der Waals surface area contributed by atoms with Gasteiger partial charge in [0.05, 0.1) is 0 Å². The molecule has 3 heterocycles. The molecule has 4 nitrogen and oxygen atoms in total. The number of anilines is 1. The lowest BCUT2D eigenvalue weighted by molar-refractivity contribution is 0.318. The second-order valence-corrected chi connectivity index (χ2v) is 7.25. The molecule has 2 saturated heterocycles. The number of allylic oxidation sites excluding steroid dienone is 6. The molecule has 2 bridgehead atoms. The number of hydrogen-bond donors (Lipinski definition) is 0. The van der Waals surface area contributed by atoms with Crippen LogP contribution in [0, 0.1) is 22.7 Å². The van der Waals surface area contributed by atoms with E-state index in [1.165, 1.54) is 31.4 Å². The van der Waals surface area contributed by atoms with Crippen molar-refractivity contribution in [3.8, 4) is 12.1 Å². The SMILES string of the molecule is CC1=CC(=C(C#N)C#N)C=C(C=Cc2ccc(N3C4CCC3CC4)cc2)O1. The number of benzene rings is 1. The zero-order chi connectivity index (χ0) is 18.8. The normalized spacial score (nSPS) is 23.5. The summed E-state index contributed by atoms with van der Waals surface area (Å²) < 4.78 is 5.69. The molecule has 1 aromatic carbocycles. The van der Waals surface area contributed by atoms with E-state index in [1.807, 2.05) is 31.2 Å². The average molecular weight is 355 g/mol. The van der Waals surface area contributed by atoms with Crippen molar-refractivity contribution >= 4 is 11.8 Å². The van der Waals surface area contributed by atoms with Crippen molar-refractivity contribution in [3.63, 3.8) is 0 Å². The van der Waals surface area contributed by atoms with E-state index in [1.54, 1.807) is 12.2 Å². The van der Waals surface area contributed by atoms with E-state index >= 15 is 0 Å². The van der Waals surface area contributed by atoms with Gasteiger partial charge in [-0.25, -0.2) is 0 Å². The highest BCUT2D eigenvalue weighted by atomic mass is 16.5. The van der Waals surface area contributed by atoms with Gasteiger partial charge in [0.15, 0.2) is 0 Å². The van der Waals surface area contributed by atoms with Gasteiger partial charge >= 0.3 is 0 Å². The first-order valence-electron chi connectivity index (χ1n) is 9.37. The van der Waals surface area contributed by atoms with Gasteiger partial charge in [-0.05, 0) is 68.5 Å². The van der Waals surface area contributed by atoms with Crippen LogP contribution < -0.4 is 4.90 Å². The maximum Gasteiger partial charge on any atom is 0.137 e. The minimum Gasteiger partial charge on any atom is -0.462 e. The van der Waals surface area contributed by atoms with Gasteiger partial charge in [0, 0.05) is 23.3 Å². The fraction of sp³-hybridized carbons (Fsp3) is 0.304. The molecule has 134 valence electrons. The van der Waals surface area contributed by atoms with Gasteiger partial charge in [-0.1, -0.05) is 18.2 Å². The first-order chi connectivity index (χ1) is 13.2. The van der Waals surface area contributed by atoms with Crippen LogP contribution in [0.1, 0.15) is 38.2 Å². The van der Waals surface area contributed by atoms with Crippen LogP contribution in [0.5, 0.6) is 0 Å². The zero-order valence-electron chi connectivity index (χ0n) is 15.4. The summed E-state index contributed by atoms with van der Waals surface area (Å²) >= 11 is 0. The van der Waals surface area contributed by atoms with Crippen molar-refractivity contribution in [1.29, 1.82) is 10.5 Å². The van der Waals surface area contributed by atoms with Gasteiger partial charge in [-0.2, -0.15) is 10.5 Å². The summed E-state index contributed by atoms with van der Waals surface area (Å²) in [4.78, 5) is 2.59. The lowest BCUT2D eigenvalue weighted by atomic mass is 10.0. The van der Waals surface area contributed by atoms with Gasteiger partial charge in [-0.15, -0.1) is 0 Å². The molecule has 0 spiro atoms. The smallest absolute Gasteiger partial charge is 0.137 e. The quantitative estimate of drug-likeness (QED) is 0.717. The van der Waals surface area contributed by atoms with E-state index in [9.17, 15) is 0 Å². The number of hydrogen-bond acceptors (Lipinski definition) is 4. The Morgan fingerprint density at radius 2 is 1.63 bits per heavy atom. The van der Waals surface area contributed by atoms with E-state index in [0.717, 1.165) is 17.6 Å². The van der Waals surface area contributed by atoms with E-state index in [0.29, 0.717) is 17.1 Å². The van der Waals surface area contributed by atoms with E-state index < -0.39 is 0 Å². The first kappa shape index (κ1) is 17.2. The van der Waals surface area contributed by atoms with E-state index in [2.05, 4.69) is 29.2 Å². The lowest BCUT2D eigenvalue weighted by Gasteiger charge is -2.24. The third-order valence-electron chi connectivity index (χ3n) is 5.53. The number of ether oxygens (including phenoxy) is 1. The Kier molecular flexibility index (Phi) is 4.57. The third kappa shape index (κ3) is 3.39. The Morgan fingerprint density at radius 3 is 2.22 bits per heavy atom. The second kappa shape index (κ2) is 7.17. The Hall–Kier alpha value is -3.24. The van der Waals surface area contributed by atoms with Crippen LogP contribution in [0.2, 0.25) is 0 Å². The molecule has 27 heavy (non-hydrogen) atoms. The minimum absolute atomic E-state index is 0.0909. The molecule has 3 aliphatic heterocycles. The van der Waals surface area contributed by atoms with Crippen LogP contribution >= 0.6 is 0 Å². The first-order valence-corrected chi connectivity index (χ1v) is 9.37. The summed E-state index contributed by atoms with van der Waals surface area (Å²) in [7, 11) is 0. The maximum atomic E-state index is 9.06. The van der Waals surface area contributed by atoms with Crippen LogP contribution in [-0.4, -0.2) is 12.1 Å². The summed E-state index contributed by atoms with van der Waals surface area (Å²) in [6.45, 7) is 1.81. The number of nitrogens with zero attached hydrogens (tertiary/aromatic N) is 3. The zero-order valence-corrected chi connectivity index (χ0v) is 15.4. The summed E-state index contributed by atoms with van der Waals surface area (Å²) in [6.07, 6.45) is 12.6. The summed E-state index contributed by atoms with van der Waals surface area (Å²) in [5.41, 5.74) is 3.09. The second-order valence-electron chi connectivity index (χ2n) is 7.25. The summed E-state index contributed by atoms with van der Waals surface area (Å²) in [5, 5.41) is 18.1. The predicted octanol–water partition coefficient (Wildman–Crippen LogP) is 4.99. The molecule has 0 saturated carbocycles. The van der Waals surface area contributed by atoms with Crippen molar-refractivity contribution in [2.45, 2.75) is 44.7 Å². The van der Waals surface area contributed by atoms with Gasteiger partial charge < -0.3 is 9.64 Å². The van der Waals surface area contributed by atoms with Crippen LogP contribution in [0.25, 0.3) is 6.08 Å². The highest BCUT2D eigenvalue weighted by Crippen LogP contribution is 2.40. The van der Waals surface area contributed by atoms with Crippen molar-refractivity contribution < 1.29 is 4.74 Å². The average Bonchev–Trinajstić information content (AvgIpc) is 3.28. The van der Waals surface area contributed by atoms with Crippen molar-refractivity contribution in [1.82, 2.24) is 0 Å². The Balaban J connectivity index is 1.51. The lowest BCUT2D eigenvalue weighted by Crippen LogP contribution is -2.27. The standard InChI is InChI=1S/C23H21N3O/c1-16-12-18(19(14-24)15-25)13-23(27-16)11-4-17-2-5-20(6-3-17)26-21-7-8-22(26)10-9-21/h2-6,11-13,21-22H,7-10H2,1H3. The van der Waals surface area contributed by atoms with Crippen LogP contribution in [0.4, 0.5) is 5.69 Å². The molecular formula is C23H21N3O. The topological polar surface area (TPSA) is 60.0 Å². The Bertz CT molecular complexity index is 915. The van der Waals surface area contributed by atoms with Gasteiger partial charge in [0.1, 0.15) is 29.2 Å². The fourth-order valence-electron chi connectivity index (χ4n) is 4.31. The van der Waals surface area contributed by atoms with Crippen LogP contribution in [0.15, 0.2) is 65.2 Å². The molecule has 2 fully saturated rings. The highest BCUT2D eigenvalue weighted by molar-refractivity contribution is 5.60. The van der Waals surface area contributed by atoms with E-state index in [-0.39, 0.29) is 5.57 Å². The predicted molar refractivity (Wildman–Crippen MR) is 105 cm³/mol. The van der Waals surface area contributed by atoms with Gasteiger partial charge in [0.25, 0.3) is 0 Å². The monoisotopic (exact) mass is 355 g/mol. The molecule has 0 radical (unpaired) electrons. The van der Waals surface area contributed by atoms with Crippen molar-refractivity contribution in [2.24, 2.45) is 0 Å². The molecule has 3 aliphatic rings. The fourth-order valence-corrected chi connectivity index (χ4v) is 4.31. The molecular weight excluding hydrogens is 334 g/mol. The molecule has 0 aliphatic carbocycles. The molecule has 4 rings (SSSR count). The molecule has 0 aromatic heterocycles. The van der Waals surface area contributed by atoms with Crippen LogP contribution in [-0.2, 0) is 4.74 Å². The Labute approximate surface area is 160 Å². The van der Waals surface area contributed by atoms with E-state index in [4.69, 9.17) is 15.3 Å². The number of fused-ring (bicyclic) bond motifs is 2. The molecule has 0 N–H and O–H groups in total. The largest absolute Gasteiger partial charge is 0.462 e. The minimum atomic E-state index is 0.0909. The van der Waals surface area contributed by atoms with Gasteiger partial charge in [-0.3, -0.25) is 0 Å². The number of nitriles is 2. The van der Waals surface area contributed by atoms with Crippen LogP contribution in [0.3, 0.4) is 0 Å². The molecule has 0 unspecified atom stereocenters. The maximum absolute atomic E-state index is 9.06. The molecule has 1 aromatic rings. The Morgan fingerprint density at radius 1 is 1.00 bits per heavy atom. The molecule has 0 amide bonds. The van der Waals surface area contributed by atoms with Gasteiger partial charge in [0.2, 0.25) is 0 Å². The summed E-state index contributed by atoms with van der Waals surface area (Å²) in [6, 6.07) is 14.0.